The van der Waals surface area contributed by atoms with Gasteiger partial charge in [-0.3, -0.25) is 14.5 Å². The average molecular weight is 638 g/mol. The Balaban J connectivity index is 1.57. The molecule has 2 amide bonds. The Morgan fingerprint density at radius 3 is 2.48 bits per heavy atom. The highest BCUT2D eigenvalue weighted by Crippen LogP contribution is 2.30. The predicted octanol–water partition coefficient (Wildman–Crippen LogP) is 6.14. The molecular formula is C37H55N3O6. The average Bonchev–Trinajstić information content (AvgIpc) is 3.06. The molecule has 2 aromatic carbocycles. The maximum Gasteiger partial charge on any atom is 0.258 e. The lowest BCUT2D eigenvalue weighted by Gasteiger charge is -2.36. The molecule has 1 saturated carbocycles. The number of carbonyl (C=O) groups is 2. The third kappa shape index (κ3) is 10.2. The fourth-order valence-corrected chi connectivity index (χ4v) is 6.49. The standard InChI is InChI=1S/C37H55N3O6/c1-26-22-40(27(2)25-41)37(43)33-21-31(38-36(42)30-12-7-6-8-13-30)16-19-34(33)46-28(3)11-9-10-20-45-35(26)24-39(4)23-29-14-17-32(44-5)18-15-29/h14-19,21,26-28,30,35,41H,6-13,20,22-25H2,1-5H3,(H,38,42)/t26-,27+,28+,35+/m1/s1. The van der Waals surface area contributed by atoms with Gasteiger partial charge in [0, 0.05) is 43.8 Å². The summed E-state index contributed by atoms with van der Waals surface area (Å²) in [6.07, 6.45) is 7.56. The van der Waals surface area contributed by atoms with Gasteiger partial charge in [-0.25, -0.2) is 0 Å². The van der Waals surface area contributed by atoms with Gasteiger partial charge in [0.25, 0.3) is 5.91 Å². The molecule has 1 heterocycles. The van der Waals surface area contributed by atoms with Crippen LogP contribution in [0, 0.1) is 11.8 Å². The topological polar surface area (TPSA) is 101 Å². The quantitative estimate of drug-likeness (QED) is 0.341. The van der Waals surface area contributed by atoms with Crippen molar-refractivity contribution in [3.05, 3.63) is 53.6 Å². The Kier molecular flexibility index (Phi) is 13.7. The van der Waals surface area contributed by atoms with E-state index >= 15 is 0 Å². The lowest BCUT2D eigenvalue weighted by molar-refractivity contribution is -0.120. The number of methoxy groups -OCH3 is 1. The summed E-state index contributed by atoms with van der Waals surface area (Å²) in [5, 5.41) is 13.3. The molecule has 0 unspecified atom stereocenters. The number of rotatable bonds is 9. The lowest BCUT2D eigenvalue weighted by atomic mass is 9.88. The lowest BCUT2D eigenvalue weighted by Crippen LogP contribution is -2.47. The molecule has 2 aromatic rings. The first kappa shape index (κ1) is 35.7. The van der Waals surface area contributed by atoms with E-state index in [-0.39, 0.29) is 42.5 Å². The number of benzene rings is 2. The van der Waals surface area contributed by atoms with Crippen LogP contribution >= 0.6 is 0 Å². The minimum atomic E-state index is -0.425. The van der Waals surface area contributed by atoms with Gasteiger partial charge in [0.1, 0.15) is 11.5 Å². The van der Waals surface area contributed by atoms with E-state index < -0.39 is 6.04 Å². The smallest absolute Gasteiger partial charge is 0.258 e. The number of nitrogens with zero attached hydrogens (tertiary/aromatic N) is 2. The highest BCUT2D eigenvalue weighted by atomic mass is 16.5. The van der Waals surface area contributed by atoms with Crippen molar-refractivity contribution in [3.63, 3.8) is 0 Å². The second kappa shape index (κ2) is 17.7. The molecule has 9 heteroatoms. The number of hydrogen-bond acceptors (Lipinski definition) is 7. The largest absolute Gasteiger partial charge is 0.497 e. The van der Waals surface area contributed by atoms with Crippen molar-refractivity contribution in [1.82, 2.24) is 9.80 Å². The molecule has 4 rings (SSSR count). The summed E-state index contributed by atoms with van der Waals surface area (Å²) in [7, 11) is 3.75. The Morgan fingerprint density at radius 1 is 1.07 bits per heavy atom. The molecule has 4 atom stereocenters. The van der Waals surface area contributed by atoms with Crippen LogP contribution in [-0.4, -0.2) is 85.4 Å². The van der Waals surface area contributed by atoms with Crippen molar-refractivity contribution in [3.8, 4) is 11.5 Å². The first-order valence-electron chi connectivity index (χ1n) is 17.1. The first-order chi connectivity index (χ1) is 22.2. The van der Waals surface area contributed by atoms with Gasteiger partial charge in [0.15, 0.2) is 0 Å². The number of anilines is 1. The van der Waals surface area contributed by atoms with Gasteiger partial charge < -0.3 is 29.5 Å². The molecule has 0 aromatic heterocycles. The number of nitrogens with one attached hydrogen (secondary N) is 1. The number of carbonyl (C=O) groups excluding carboxylic acids is 2. The van der Waals surface area contributed by atoms with E-state index in [4.69, 9.17) is 14.2 Å². The van der Waals surface area contributed by atoms with E-state index in [9.17, 15) is 14.7 Å². The van der Waals surface area contributed by atoms with Crippen LogP contribution in [0.25, 0.3) is 0 Å². The number of fused-ring (bicyclic) bond motifs is 1. The van der Waals surface area contributed by atoms with Gasteiger partial charge >= 0.3 is 0 Å². The van der Waals surface area contributed by atoms with Crippen LogP contribution in [0.3, 0.4) is 0 Å². The van der Waals surface area contributed by atoms with Crippen molar-refractivity contribution in [2.24, 2.45) is 11.8 Å². The summed E-state index contributed by atoms with van der Waals surface area (Å²) in [6.45, 7) is 8.29. The van der Waals surface area contributed by atoms with Crippen LogP contribution in [0.15, 0.2) is 42.5 Å². The molecule has 1 aliphatic heterocycles. The van der Waals surface area contributed by atoms with E-state index in [1.807, 2.05) is 32.0 Å². The molecule has 0 saturated heterocycles. The molecule has 0 radical (unpaired) electrons. The highest BCUT2D eigenvalue weighted by molar-refractivity contribution is 6.00. The summed E-state index contributed by atoms with van der Waals surface area (Å²) in [4.78, 5) is 31.4. The summed E-state index contributed by atoms with van der Waals surface area (Å²) >= 11 is 0. The summed E-state index contributed by atoms with van der Waals surface area (Å²) in [6, 6.07) is 13.0. The van der Waals surface area contributed by atoms with Gasteiger partial charge in [0.2, 0.25) is 5.91 Å². The molecule has 2 N–H and O–H groups in total. The fourth-order valence-electron chi connectivity index (χ4n) is 6.49. The Labute approximate surface area is 275 Å². The number of aliphatic hydroxyl groups excluding tert-OH is 1. The van der Waals surface area contributed by atoms with Crippen molar-refractivity contribution in [2.75, 3.05) is 45.8 Å². The van der Waals surface area contributed by atoms with E-state index in [2.05, 4.69) is 36.3 Å². The molecular weight excluding hydrogens is 582 g/mol. The third-order valence-corrected chi connectivity index (χ3v) is 9.40. The van der Waals surface area contributed by atoms with Gasteiger partial charge in [-0.1, -0.05) is 38.3 Å². The van der Waals surface area contributed by atoms with Crippen LogP contribution in [0.5, 0.6) is 11.5 Å². The minimum Gasteiger partial charge on any atom is -0.497 e. The Morgan fingerprint density at radius 2 is 1.78 bits per heavy atom. The molecule has 0 spiro atoms. The zero-order valence-corrected chi connectivity index (χ0v) is 28.5. The molecule has 46 heavy (non-hydrogen) atoms. The molecule has 1 fully saturated rings. The number of ether oxygens (including phenoxy) is 3. The number of likely N-dealkylation sites (N-methyl/N-ethyl adjacent to an activating group) is 1. The zero-order chi connectivity index (χ0) is 33.1. The summed E-state index contributed by atoms with van der Waals surface area (Å²) in [5.41, 5.74) is 2.16. The molecule has 254 valence electrons. The van der Waals surface area contributed by atoms with Crippen molar-refractivity contribution >= 4 is 17.5 Å². The summed E-state index contributed by atoms with van der Waals surface area (Å²) in [5.74, 6) is 1.09. The van der Waals surface area contributed by atoms with Gasteiger partial charge in [-0.05, 0) is 88.9 Å². The van der Waals surface area contributed by atoms with Crippen LogP contribution in [-0.2, 0) is 16.1 Å². The SMILES string of the molecule is COc1ccc(CN(C)C[C@@H]2OCCCC[C@H](C)Oc3ccc(NC(=O)C4CCCCC4)cc3C(=O)N([C@@H](C)CO)C[C@H]2C)cc1. The zero-order valence-electron chi connectivity index (χ0n) is 28.5. The fraction of sp³-hybridized carbons (Fsp3) is 0.622. The predicted molar refractivity (Wildman–Crippen MR) is 181 cm³/mol. The van der Waals surface area contributed by atoms with Gasteiger partial charge in [-0.2, -0.15) is 0 Å². The van der Waals surface area contributed by atoms with Crippen LogP contribution in [0.2, 0.25) is 0 Å². The number of aliphatic hydroxyl groups is 1. The van der Waals surface area contributed by atoms with Gasteiger partial charge in [-0.15, -0.1) is 0 Å². The van der Waals surface area contributed by atoms with E-state index in [0.29, 0.717) is 36.7 Å². The van der Waals surface area contributed by atoms with Crippen molar-refractivity contribution < 1.29 is 28.9 Å². The van der Waals surface area contributed by atoms with Crippen LogP contribution in [0.1, 0.15) is 88.1 Å². The van der Waals surface area contributed by atoms with E-state index in [1.54, 1.807) is 24.1 Å². The number of hydrogen-bond donors (Lipinski definition) is 2. The first-order valence-corrected chi connectivity index (χ1v) is 17.1. The molecule has 2 aliphatic rings. The van der Waals surface area contributed by atoms with E-state index in [1.165, 1.54) is 12.0 Å². The molecule has 0 bridgehead atoms. The molecule has 1 aliphatic carbocycles. The maximum absolute atomic E-state index is 14.4. The second-order valence-corrected chi connectivity index (χ2v) is 13.4. The highest BCUT2D eigenvalue weighted by Gasteiger charge is 2.31. The maximum atomic E-state index is 14.4. The minimum absolute atomic E-state index is 0.000868. The number of amides is 2. The van der Waals surface area contributed by atoms with Crippen LogP contribution in [0.4, 0.5) is 5.69 Å². The second-order valence-electron chi connectivity index (χ2n) is 13.4. The molecule has 9 nitrogen and oxygen atoms in total. The van der Waals surface area contributed by atoms with Gasteiger partial charge in [0.05, 0.1) is 37.5 Å². The third-order valence-electron chi connectivity index (χ3n) is 9.40. The van der Waals surface area contributed by atoms with Crippen molar-refractivity contribution in [2.45, 2.75) is 96.9 Å². The Bertz CT molecular complexity index is 1250. The monoisotopic (exact) mass is 637 g/mol. The Hall–Kier alpha value is -3.14. The summed E-state index contributed by atoms with van der Waals surface area (Å²) < 4.78 is 18.2. The van der Waals surface area contributed by atoms with Crippen molar-refractivity contribution in [1.29, 1.82) is 0 Å². The van der Waals surface area contributed by atoms with Crippen LogP contribution < -0.4 is 14.8 Å². The normalized spacial score (nSPS) is 22.8. The van der Waals surface area contributed by atoms with E-state index in [0.717, 1.165) is 57.2 Å².